The number of hydrogen-bond donors (Lipinski definition) is 0. The Morgan fingerprint density at radius 3 is 2.50 bits per heavy atom. The molecule has 1 aromatic heterocycles. The van der Waals surface area contributed by atoms with Crippen LogP contribution in [0.25, 0.3) is 0 Å². The molecule has 4 heteroatoms. The van der Waals surface area contributed by atoms with Gasteiger partial charge in [-0.15, -0.1) is 0 Å². The number of pyridine rings is 1. The van der Waals surface area contributed by atoms with E-state index in [1.807, 2.05) is 17.0 Å². The minimum absolute atomic E-state index is 0.0602. The molecular formula is C20H24N2O2. The molecule has 0 bridgehead atoms. The average molecular weight is 324 g/mol. The maximum absolute atomic E-state index is 12.7. The van der Waals surface area contributed by atoms with Crippen LogP contribution < -0.4 is 5.56 Å². The van der Waals surface area contributed by atoms with E-state index in [4.69, 9.17) is 0 Å². The van der Waals surface area contributed by atoms with E-state index in [2.05, 4.69) is 38.1 Å². The summed E-state index contributed by atoms with van der Waals surface area (Å²) in [6.07, 6.45) is 3.08. The summed E-state index contributed by atoms with van der Waals surface area (Å²) in [5.41, 5.74) is 1.24. The zero-order valence-electron chi connectivity index (χ0n) is 14.3. The van der Waals surface area contributed by atoms with Gasteiger partial charge >= 0.3 is 0 Å². The van der Waals surface area contributed by atoms with E-state index in [9.17, 15) is 9.59 Å². The Kier molecular flexibility index (Phi) is 4.84. The van der Waals surface area contributed by atoms with Crippen LogP contribution in [0, 0.1) is 0 Å². The smallest absolute Gasteiger partial charge is 0.250 e. The van der Waals surface area contributed by atoms with Crippen LogP contribution in [0.2, 0.25) is 0 Å². The van der Waals surface area contributed by atoms with E-state index in [-0.39, 0.29) is 23.6 Å². The lowest BCUT2D eigenvalue weighted by atomic mass is 9.92. The molecule has 0 spiro atoms. The van der Waals surface area contributed by atoms with E-state index < -0.39 is 0 Å². The van der Waals surface area contributed by atoms with E-state index in [0.29, 0.717) is 18.9 Å². The second-order valence-electron chi connectivity index (χ2n) is 6.63. The minimum Gasteiger partial charge on any atom is -0.337 e. The third kappa shape index (κ3) is 3.28. The third-order valence-corrected chi connectivity index (χ3v) is 5.07. The molecule has 126 valence electrons. The molecule has 1 aliphatic rings. The summed E-state index contributed by atoms with van der Waals surface area (Å²) in [6.45, 7) is 4.68. The predicted octanol–water partition coefficient (Wildman–Crippen LogP) is 3.03. The number of rotatable bonds is 4. The highest BCUT2D eigenvalue weighted by Crippen LogP contribution is 2.37. The number of hydrogen-bond acceptors (Lipinski definition) is 2. The fraction of sp³-hybridized carbons (Fsp3) is 0.400. The molecule has 3 rings (SSSR count). The molecule has 24 heavy (non-hydrogen) atoms. The summed E-state index contributed by atoms with van der Waals surface area (Å²) in [5.74, 6) is 0.508. The highest BCUT2D eigenvalue weighted by atomic mass is 16.2. The first-order valence-corrected chi connectivity index (χ1v) is 8.59. The van der Waals surface area contributed by atoms with Gasteiger partial charge in [-0.05, 0) is 31.9 Å². The van der Waals surface area contributed by atoms with Gasteiger partial charge in [0.1, 0.15) is 0 Å². The predicted molar refractivity (Wildman–Crippen MR) is 94.9 cm³/mol. The molecule has 0 N–H and O–H groups in total. The molecule has 2 heterocycles. The molecule has 0 aliphatic carbocycles. The number of likely N-dealkylation sites (tertiary alicyclic amines) is 1. The summed E-state index contributed by atoms with van der Waals surface area (Å²) in [6, 6.07) is 15.9. The number of aromatic nitrogens is 1. The Balaban J connectivity index is 1.69. The van der Waals surface area contributed by atoms with Crippen molar-refractivity contribution in [3.63, 3.8) is 0 Å². The molecule has 0 radical (unpaired) electrons. The minimum atomic E-state index is -0.0602. The molecule has 4 nitrogen and oxygen atoms in total. The van der Waals surface area contributed by atoms with Gasteiger partial charge in [-0.1, -0.05) is 36.4 Å². The fourth-order valence-electron chi connectivity index (χ4n) is 3.85. The molecule has 0 saturated carbocycles. The van der Waals surface area contributed by atoms with Crippen molar-refractivity contribution < 1.29 is 4.79 Å². The molecule has 1 aromatic carbocycles. The van der Waals surface area contributed by atoms with Gasteiger partial charge < -0.3 is 9.47 Å². The van der Waals surface area contributed by atoms with Gasteiger partial charge in [0, 0.05) is 43.2 Å². The first kappa shape index (κ1) is 16.5. The number of nitrogens with zero attached hydrogens (tertiary/aromatic N) is 2. The summed E-state index contributed by atoms with van der Waals surface area (Å²) in [4.78, 5) is 26.5. The van der Waals surface area contributed by atoms with Gasteiger partial charge in [0.15, 0.2) is 0 Å². The number of benzene rings is 1. The molecule has 1 saturated heterocycles. The van der Waals surface area contributed by atoms with Crippen molar-refractivity contribution in [3.05, 3.63) is 70.6 Å². The van der Waals surface area contributed by atoms with Gasteiger partial charge in [-0.2, -0.15) is 0 Å². The number of carbonyl (C=O) groups excluding carboxylic acids is 1. The molecule has 1 fully saturated rings. The summed E-state index contributed by atoms with van der Waals surface area (Å²) < 4.78 is 1.60. The van der Waals surface area contributed by atoms with Crippen molar-refractivity contribution in [2.45, 2.75) is 51.2 Å². The normalized spacial score (nSPS) is 23.4. The molecule has 1 aliphatic heterocycles. The highest BCUT2D eigenvalue weighted by molar-refractivity contribution is 5.77. The number of aryl methyl sites for hydroxylation is 1. The molecule has 3 atom stereocenters. The fourth-order valence-corrected chi connectivity index (χ4v) is 3.85. The Bertz CT molecular complexity index is 753. The molecule has 2 aromatic rings. The van der Waals surface area contributed by atoms with Crippen LogP contribution in [0.15, 0.2) is 59.5 Å². The molecule has 0 unspecified atom stereocenters. The lowest BCUT2D eigenvalue weighted by molar-refractivity contribution is -0.133. The van der Waals surface area contributed by atoms with Crippen LogP contribution in [0.1, 0.15) is 38.2 Å². The van der Waals surface area contributed by atoms with Crippen LogP contribution >= 0.6 is 0 Å². The van der Waals surface area contributed by atoms with Crippen molar-refractivity contribution in [2.24, 2.45) is 0 Å². The van der Waals surface area contributed by atoms with E-state index >= 15 is 0 Å². The SMILES string of the molecule is C[C@@H]1C[C@@H](c2ccccc2)[C@H](C)N1C(=O)CCn1ccccc1=O. The standard InChI is InChI=1S/C20H24N2O2/c1-15-14-18(17-8-4-3-5-9-17)16(2)22(15)20(24)11-13-21-12-7-6-10-19(21)23/h3-10,12,15-16,18H,11,13-14H2,1-2H3/t15-,16+,18-/m1/s1. The second kappa shape index (κ2) is 7.04. The molecular weight excluding hydrogens is 300 g/mol. The summed E-state index contributed by atoms with van der Waals surface area (Å²) >= 11 is 0. The number of carbonyl (C=O) groups is 1. The maximum Gasteiger partial charge on any atom is 0.250 e. The lowest BCUT2D eigenvalue weighted by Crippen LogP contribution is -2.40. The van der Waals surface area contributed by atoms with Crippen LogP contribution in [0.5, 0.6) is 0 Å². The Morgan fingerprint density at radius 2 is 1.79 bits per heavy atom. The van der Waals surface area contributed by atoms with Gasteiger partial charge in [-0.3, -0.25) is 9.59 Å². The highest BCUT2D eigenvalue weighted by Gasteiger charge is 2.39. The van der Waals surface area contributed by atoms with Crippen LogP contribution in [-0.2, 0) is 11.3 Å². The van der Waals surface area contributed by atoms with Crippen LogP contribution in [0.3, 0.4) is 0 Å². The van der Waals surface area contributed by atoms with Crippen molar-refractivity contribution in [2.75, 3.05) is 0 Å². The summed E-state index contributed by atoms with van der Waals surface area (Å²) in [7, 11) is 0. The Hall–Kier alpha value is -2.36. The summed E-state index contributed by atoms with van der Waals surface area (Å²) in [5, 5.41) is 0. The monoisotopic (exact) mass is 324 g/mol. The second-order valence-corrected chi connectivity index (χ2v) is 6.63. The van der Waals surface area contributed by atoms with Gasteiger partial charge in [-0.25, -0.2) is 0 Å². The van der Waals surface area contributed by atoms with E-state index in [0.717, 1.165) is 6.42 Å². The zero-order valence-corrected chi connectivity index (χ0v) is 14.3. The van der Waals surface area contributed by atoms with Gasteiger partial charge in [0.05, 0.1) is 0 Å². The van der Waals surface area contributed by atoms with Crippen molar-refractivity contribution >= 4 is 5.91 Å². The average Bonchev–Trinajstić information content (AvgIpc) is 2.89. The number of amides is 1. The maximum atomic E-state index is 12.7. The van der Waals surface area contributed by atoms with Gasteiger partial charge in [0.2, 0.25) is 5.91 Å². The largest absolute Gasteiger partial charge is 0.337 e. The Morgan fingerprint density at radius 1 is 1.08 bits per heavy atom. The van der Waals surface area contributed by atoms with E-state index in [1.54, 1.807) is 16.8 Å². The lowest BCUT2D eigenvalue weighted by Gasteiger charge is -2.28. The molecule has 1 amide bonds. The quantitative estimate of drug-likeness (QED) is 0.867. The van der Waals surface area contributed by atoms with Crippen molar-refractivity contribution in [1.29, 1.82) is 0 Å². The van der Waals surface area contributed by atoms with Crippen LogP contribution in [0.4, 0.5) is 0 Å². The van der Waals surface area contributed by atoms with E-state index in [1.165, 1.54) is 11.6 Å². The van der Waals surface area contributed by atoms with Crippen molar-refractivity contribution in [1.82, 2.24) is 9.47 Å². The topological polar surface area (TPSA) is 42.3 Å². The van der Waals surface area contributed by atoms with Crippen molar-refractivity contribution in [3.8, 4) is 0 Å². The third-order valence-electron chi connectivity index (χ3n) is 5.07. The first-order chi connectivity index (χ1) is 11.6. The van der Waals surface area contributed by atoms with Gasteiger partial charge in [0.25, 0.3) is 5.56 Å². The first-order valence-electron chi connectivity index (χ1n) is 8.59. The zero-order chi connectivity index (χ0) is 17.1. The Labute approximate surface area is 142 Å². The van der Waals surface area contributed by atoms with Crippen LogP contribution in [-0.4, -0.2) is 27.5 Å².